The highest BCUT2D eigenvalue weighted by Crippen LogP contribution is 2.43. The zero-order chi connectivity index (χ0) is 19.7. The molecule has 0 bridgehead atoms. The molecule has 0 rings (SSSR count). The quantitative estimate of drug-likeness (QED) is 0.237. The summed E-state index contributed by atoms with van der Waals surface area (Å²) in [6.07, 6.45) is 13.8. The Hall–Kier alpha value is 0.430. The molecule has 0 aliphatic heterocycles. The fourth-order valence-electron chi connectivity index (χ4n) is 4.99. The average molecular weight is 371 g/mol. The van der Waals surface area contributed by atoms with Crippen LogP contribution in [0.5, 0.6) is 0 Å². The fourth-order valence-corrected chi connectivity index (χ4v) is 6.00. The summed E-state index contributed by atoms with van der Waals surface area (Å²) in [5.74, 6) is 1.63. The van der Waals surface area contributed by atoms with Gasteiger partial charge in [-0.2, -0.15) is 0 Å². The van der Waals surface area contributed by atoms with Crippen LogP contribution in [0.3, 0.4) is 0 Å². The predicted molar refractivity (Wildman–Crippen MR) is 122 cm³/mol. The standard InChI is InChI=1S/C24H51P/c1-10-11-12-13-14-15-24(25,18-20(2)16-22(4,5)6)19-21(3)17-23(7,8)9/h20-21H,10-19,25H2,1-9H3. The van der Waals surface area contributed by atoms with Gasteiger partial charge in [0.2, 0.25) is 0 Å². The molecule has 0 spiro atoms. The van der Waals surface area contributed by atoms with Gasteiger partial charge < -0.3 is 0 Å². The molecule has 25 heavy (non-hydrogen) atoms. The first kappa shape index (κ1) is 25.4. The SMILES string of the molecule is CCCCCCCC(P)(CC(C)CC(C)(C)C)CC(C)CC(C)(C)C. The van der Waals surface area contributed by atoms with Gasteiger partial charge in [0, 0.05) is 0 Å². The van der Waals surface area contributed by atoms with Gasteiger partial charge in [-0.25, -0.2) is 0 Å². The van der Waals surface area contributed by atoms with Gasteiger partial charge in [-0.15, -0.1) is 9.24 Å². The second-order valence-electron chi connectivity index (χ2n) is 11.7. The highest BCUT2D eigenvalue weighted by atomic mass is 31.0. The third-order valence-electron chi connectivity index (χ3n) is 5.21. The Balaban J connectivity index is 4.77. The monoisotopic (exact) mass is 370 g/mol. The van der Waals surface area contributed by atoms with Crippen molar-refractivity contribution < 1.29 is 0 Å². The van der Waals surface area contributed by atoms with Crippen molar-refractivity contribution in [3.8, 4) is 0 Å². The summed E-state index contributed by atoms with van der Waals surface area (Å²) in [7, 11) is 3.34. The molecule has 0 aliphatic rings. The molecule has 0 fully saturated rings. The van der Waals surface area contributed by atoms with E-state index in [0.717, 1.165) is 11.8 Å². The zero-order valence-corrected chi connectivity index (χ0v) is 20.5. The number of rotatable bonds is 12. The molecule has 0 amide bonds. The summed E-state index contributed by atoms with van der Waals surface area (Å²) >= 11 is 0. The second-order valence-corrected chi connectivity index (χ2v) is 12.9. The highest BCUT2D eigenvalue weighted by Gasteiger charge is 2.31. The van der Waals surface area contributed by atoms with Crippen LogP contribution < -0.4 is 0 Å². The summed E-state index contributed by atoms with van der Waals surface area (Å²) in [6, 6.07) is 0. The number of unbranched alkanes of at least 4 members (excludes halogenated alkanes) is 4. The van der Waals surface area contributed by atoms with E-state index in [2.05, 4.69) is 71.6 Å². The van der Waals surface area contributed by atoms with Gasteiger partial charge in [-0.05, 0) is 59.9 Å². The predicted octanol–water partition coefficient (Wildman–Crippen LogP) is 8.89. The van der Waals surface area contributed by atoms with E-state index in [1.54, 1.807) is 0 Å². The van der Waals surface area contributed by atoms with Crippen molar-refractivity contribution in [1.82, 2.24) is 0 Å². The van der Waals surface area contributed by atoms with Crippen LogP contribution in [0.1, 0.15) is 127 Å². The van der Waals surface area contributed by atoms with Crippen LogP contribution in [0.4, 0.5) is 0 Å². The Morgan fingerprint density at radius 1 is 0.640 bits per heavy atom. The lowest BCUT2D eigenvalue weighted by Crippen LogP contribution is -2.29. The van der Waals surface area contributed by atoms with Gasteiger partial charge in [-0.1, -0.05) is 94.4 Å². The minimum Gasteiger partial charge on any atom is -0.131 e. The summed E-state index contributed by atoms with van der Waals surface area (Å²) in [5.41, 5.74) is 0.895. The zero-order valence-electron chi connectivity index (χ0n) is 19.3. The molecular formula is C24H51P. The molecule has 0 saturated carbocycles. The van der Waals surface area contributed by atoms with E-state index < -0.39 is 0 Å². The molecule has 0 aliphatic carbocycles. The third-order valence-corrected chi connectivity index (χ3v) is 5.97. The lowest BCUT2D eigenvalue weighted by molar-refractivity contribution is 0.233. The Bertz CT molecular complexity index is 307. The molecular weight excluding hydrogens is 319 g/mol. The van der Waals surface area contributed by atoms with E-state index in [1.807, 2.05) is 0 Å². The first-order chi connectivity index (χ1) is 11.3. The Kier molecular flexibility index (Phi) is 11.5. The van der Waals surface area contributed by atoms with Crippen LogP contribution in [-0.4, -0.2) is 5.16 Å². The van der Waals surface area contributed by atoms with Crippen molar-refractivity contribution in [2.24, 2.45) is 22.7 Å². The fraction of sp³-hybridized carbons (Fsp3) is 1.00. The van der Waals surface area contributed by atoms with Crippen LogP contribution >= 0.6 is 9.24 Å². The van der Waals surface area contributed by atoms with E-state index >= 15 is 0 Å². The average Bonchev–Trinajstić information content (AvgIpc) is 2.32. The third kappa shape index (κ3) is 15.2. The maximum absolute atomic E-state index is 3.34. The van der Waals surface area contributed by atoms with Crippen molar-refractivity contribution in [1.29, 1.82) is 0 Å². The van der Waals surface area contributed by atoms with Crippen LogP contribution in [0.15, 0.2) is 0 Å². The van der Waals surface area contributed by atoms with Crippen LogP contribution in [0.2, 0.25) is 0 Å². The van der Waals surface area contributed by atoms with Crippen molar-refractivity contribution >= 4 is 9.24 Å². The van der Waals surface area contributed by atoms with Gasteiger partial charge in [0.05, 0.1) is 0 Å². The topological polar surface area (TPSA) is 0 Å². The molecule has 0 nitrogen and oxygen atoms in total. The minimum atomic E-state index is 0.446. The van der Waals surface area contributed by atoms with Gasteiger partial charge in [0.15, 0.2) is 0 Å². The molecule has 3 atom stereocenters. The van der Waals surface area contributed by atoms with Gasteiger partial charge in [-0.3, -0.25) is 0 Å². The summed E-state index contributed by atoms with van der Waals surface area (Å²) in [5, 5.41) is 0.446. The van der Waals surface area contributed by atoms with Crippen molar-refractivity contribution in [2.45, 2.75) is 132 Å². The Morgan fingerprint density at radius 3 is 1.40 bits per heavy atom. The second kappa shape index (κ2) is 11.3. The summed E-state index contributed by atoms with van der Waals surface area (Å²) in [6.45, 7) is 21.6. The summed E-state index contributed by atoms with van der Waals surface area (Å²) in [4.78, 5) is 0. The molecule has 0 saturated heterocycles. The Morgan fingerprint density at radius 2 is 1.04 bits per heavy atom. The molecule has 1 heteroatoms. The largest absolute Gasteiger partial charge is 0.131 e. The van der Waals surface area contributed by atoms with Crippen LogP contribution in [0.25, 0.3) is 0 Å². The van der Waals surface area contributed by atoms with E-state index in [1.165, 1.54) is 64.2 Å². The normalized spacial score (nSPS) is 18.0. The Labute approximate surface area is 163 Å². The van der Waals surface area contributed by atoms with Crippen molar-refractivity contribution in [3.63, 3.8) is 0 Å². The highest BCUT2D eigenvalue weighted by molar-refractivity contribution is 7.19. The molecule has 0 heterocycles. The molecule has 0 aromatic rings. The number of hydrogen-bond donors (Lipinski definition) is 0. The summed E-state index contributed by atoms with van der Waals surface area (Å²) < 4.78 is 0. The maximum Gasteiger partial charge on any atom is -0.0145 e. The first-order valence-electron chi connectivity index (χ1n) is 11.1. The van der Waals surface area contributed by atoms with Gasteiger partial charge in [0.25, 0.3) is 0 Å². The van der Waals surface area contributed by atoms with E-state index in [-0.39, 0.29) is 0 Å². The van der Waals surface area contributed by atoms with Gasteiger partial charge in [0.1, 0.15) is 0 Å². The molecule has 3 unspecified atom stereocenters. The first-order valence-corrected chi connectivity index (χ1v) is 11.6. The van der Waals surface area contributed by atoms with Crippen LogP contribution in [0, 0.1) is 22.7 Å². The molecule has 0 aromatic heterocycles. The smallest absolute Gasteiger partial charge is 0.0145 e. The van der Waals surface area contributed by atoms with Crippen molar-refractivity contribution in [3.05, 3.63) is 0 Å². The molecule has 0 N–H and O–H groups in total. The van der Waals surface area contributed by atoms with Gasteiger partial charge >= 0.3 is 0 Å². The minimum absolute atomic E-state index is 0.446. The molecule has 0 aromatic carbocycles. The van der Waals surface area contributed by atoms with E-state index in [4.69, 9.17) is 0 Å². The lowest BCUT2D eigenvalue weighted by Gasteiger charge is -2.37. The number of hydrogen-bond acceptors (Lipinski definition) is 0. The van der Waals surface area contributed by atoms with Crippen molar-refractivity contribution in [2.75, 3.05) is 0 Å². The van der Waals surface area contributed by atoms with Crippen LogP contribution in [-0.2, 0) is 0 Å². The van der Waals surface area contributed by atoms with E-state index in [9.17, 15) is 0 Å². The molecule has 0 radical (unpaired) electrons. The van der Waals surface area contributed by atoms with E-state index in [0.29, 0.717) is 16.0 Å². The molecule has 152 valence electrons. The lowest BCUT2D eigenvalue weighted by atomic mass is 9.75. The maximum atomic E-state index is 3.34.